The van der Waals surface area contributed by atoms with Crippen LogP contribution in [0.3, 0.4) is 0 Å². The van der Waals surface area contributed by atoms with Crippen molar-refractivity contribution in [2.24, 2.45) is 4.99 Å². The maximum Gasteiger partial charge on any atom is 0.221 e. The predicted octanol–water partition coefficient (Wildman–Crippen LogP) is 3.37. The third kappa shape index (κ3) is 8.19. The van der Waals surface area contributed by atoms with Gasteiger partial charge in [0, 0.05) is 38.2 Å². The zero-order valence-electron chi connectivity index (χ0n) is 17.8. The van der Waals surface area contributed by atoms with Crippen molar-refractivity contribution in [1.82, 2.24) is 16.0 Å². The molecule has 1 amide bonds. The second-order valence-electron chi connectivity index (χ2n) is 8.33. The molecule has 1 aliphatic carbocycles. The van der Waals surface area contributed by atoms with Crippen LogP contribution in [0.25, 0.3) is 0 Å². The fourth-order valence-electron chi connectivity index (χ4n) is 3.32. The first kappa shape index (κ1) is 22.1. The summed E-state index contributed by atoms with van der Waals surface area (Å²) in [5.74, 6) is 1.65. The largest absolute Gasteiger partial charge is 0.488 e. The molecule has 1 aromatic carbocycles. The third-order valence-corrected chi connectivity index (χ3v) is 4.67. The Morgan fingerprint density at radius 3 is 2.54 bits per heavy atom. The molecule has 0 aliphatic heterocycles. The van der Waals surface area contributed by atoms with Gasteiger partial charge in [0.25, 0.3) is 0 Å². The van der Waals surface area contributed by atoms with Gasteiger partial charge in [0.05, 0.1) is 0 Å². The first-order valence-corrected chi connectivity index (χ1v) is 10.4. The van der Waals surface area contributed by atoms with E-state index in [-0.39, 0.29) is 11.5 Å². The van der Waals surface area contributed by atoms with Crippen LogP contribution in [0.2, 0.25) is 0 Å². The van der Waals surface area contributed by atoms with Gasteiger partial charge in [-0.2, -0.15) is 0 Å². The highest BCUT2D eigenvalue weighted by Crippen LogP contribution is 2.22. The molecule has 3 N–H and O–H groups in total. The van der Waals surface area contributed by atoms with E-state index in [2.05, 4.69) is 20.9 Å². The molecule has 1 aromatic rings. The van der Waals surface area contributed by atoms with Crippen LogP contribution in [0.4, 0.5) is 0 Å². The Bertz CT molecular complexity index is 646. The van der Waals surface area contributed by atoms with E-state index in [4.69, 9.17) is 4.74 Å². The maximum absolute atomic E-state index is 12.1. The van der Waals surface area contributed by atoms with Gasteiger partial charge in [0.15, 0.2) is 5.96 Å². The first-order valence-electron chi connectivity index (χ1n) is 10.4. The lowest BCUT2D eigenvalue weighted by atomic mass is 9.95. The minimum Gasteiger partial charge on any atom is -0.488 e. The molecule has 6 heteroatoms. The van der Waals surface area contributed by atoms with Gasteiger partial charge in [-0.15, -0.1) is 0 Å². The van der Waals surface area contributed by atoms with Gasteiger partial charge >= 0.3 is 0 Å². The predicted molar refractivity (Wildman–Crippen MR) is 115 cm³/mol. The van der Waals surface area contributed by atoms with Crippen LogP contribution in [0, 0.1) is 0 Å². The van der Waals surface area contributed by atoms with Gasteiger partial charge in [-0.05, 0) is 39.7 Å². The molecule has 0 unspecified atom stereocenters. The number of carbonyl (C=O) groups is 1. The molecule has 0 heterocycles. The molecule has 2 rings (SSSR count). The summed E-state index contributed by atoms with van der Waals surface area (Å²) in [5.41, 5.74) is 0.817. The summed E-state index contributed by atoms with van der Waals surface area (Å²) in [5, 5.41) is 9.65. The van der Waals surface area contributed by atoms with E-state index in [9.17, 15) is 4.79 Å². The van der Waals surface area contributed by atoms with Crippen molar-refractivity contribution < 1.29 is 9.53 Å². The Balaban J connectivity index is 1.75. The van der Waals surface area contributed by atoms with E-state index in [1.165, 1.54) is 19.3 Å². The van der Waals surface area contributed by atoms with Gasteiger partial charge in [0.2, 0.25) is 5.91 Å². The number of amides is 1. The van der Waals surface area contributed by atoms with E-state index >= 15 is 0 Å². The summed E-state index contributed by atoms with van der Waals surface area (Å²) in [6, 6.07) is 8.35. The second kappa shape index (κ2) is 10.9. The van der Waals surface area contributed by atoms with Crippen LogP contribution in [-0.2, 0) is 11.3 Å². The van der Waals surface area contributed by atoms with Crippen molar-refractivity contribution in [3.63, 3.8) is 0 Å². The Hall–Kier alpha value is -2.24. The average Bonchev–Trinajstić information content (AvgIpc) is 2.65. The molecule has 0 atom stereocenters. The minimum absolute atomic E-state index is 0.110. The molecule has 6 nitrogen and oxygen atoms in total. The Kier molecular flexibility index (Phi) is 8.61. The number of aliphatic imine (C=N–C) groups is 1. The van der Waals surface area contributed by atoms with Crippen molar-refractivity contribution in [2.45, 2.75) is 77.5 Å². The molecule has 1 fully saturated rings. The van der Waals surface area contributed by atoms with Gasteiger partial charge in [0.1, 0.15) is 11.4 Å². The number of nitrogens with one attached hydrogen (secondary N) is 3. The van der Waals surface area contributed by atoms with Crippen LogP contribution in [0.5, 0.6) is 5.75 Å². The fourth-order valence-corrected chi connectivity index (χ4v) is 3.32. The van der Waals surface area contributed by atoms with Gasteiger partial charge in [-0.1, -0.05) is 37.5 Å². The molecule has 0 radical (unpaired) electrons. The highest BCUT2D eigenvalue weighted by molar-refractivity contribution is 5.81. The van der Waals surface area contributed by atoms with Crippen LogP contribution >= 0.6 is 0 Å². The normalized spacial score (nSPS) is 15.8. The zero-order valence-corrected chi connectivity index (χ0v) is 17.8. The highest BCUT2D eigenvalue weighted by Gasteiger charge is 2.16. The molecule has 1 saturated carbocycles. The van der Waals surface area contributed by atoms with Crippen molar-refractivity contribution in [1.29, 1.82) is 0 Å². The van der Waals surface area contributed by atoms with Crippen molar-refractivity contribution in [3.8, 4) is 5.75 Å². The van der Waals surface area contributed by atoms with Crippen molar-refractivity contribution >= 4 is 11.9 Å². The summed E-state index contributed by atoms with van der Waals surface area (Å²) in [7, 11) is 1.73. The SMILES string of the molecule is CN=C(NCCC(=O)NC1CCCCC1)NCc1ccccc1OC(C)(C)C. The number of rotatable bonds is 7. The minimum atomic E-state index is -0.248. The van der Waals surface area contributed by atoms with E-state index in [0.717, 1.165) is 24.2 Å². The molecular weight excluding hydrogens is 352 g/mol. The Morgan fingerprint density at radius 2 is 1.86 bits per heavy atom. The summed E-state index contributed by atoms with van der Waals surface area (Å²) >= 11 is 0. The summed E-state index contributed by atoms with van der Waals surface area (Å²) < 4.78 is 6.03. The number of hydrogen-bond acceptors (Lipinski definition) is 3. The van der Waals surface area contributed by atoms with Crippen LogP contribution < -0.4 is 20.7 Å². The van der Waals surface area contributed by atoms with Crippen LogP contribution in [0.15, 0.2) is 29.3 Å². The monoisotopic (exact) mass is 388 g/mol. The number of carbonyl (C=O) groups excluding carboxylic acids is 1. The molecule has 28 heavy (non-hydrogen) atoms. The molecule has 1 aliphatic rings. The lowest BCUT2D eigenvalue weighted by molar-refractivity contribution is -0.121. The van der Waals surface area contributed by atoms with E-state index < -0.39 is 0 Å². The molecule has 0 aromatic heterocycles. The zero-order chi connectivity index (χ0) is 20.4. The molecule has 0 bridgehead atoms. The van der Waals surface area contributed by atoms with Gasteiger partial charge in [-0.3, -0.25) is 9.79 Å². The maximum atomic E-state index is 12.1. The van der Waals surface area contributed by atoms with Crippen LogP contribution in [-0.4, -0.2) is 37.1 Å². The number of benzene rings is 1. The number of guanidine groups is 1. The lowest BCUT2D eigenvalue weighted by Crippen LogP contribution is -2.41. The Labute approximate surface area is 169 Å². The van der Waals surface area contributed by atoms with E-state index in [1.807, 2.05) is 45.0 Å². The van der Waals surface area contributed by atoms with Gasteiger partial charge in [-0.25, -0.2) is 0 Å². The topological polar surface area (TPSA) is 74.8 Å². The average molecular weight is 389 g/mol. The Morgan fingerprint density at radius 1 is 1.14 bits per heavy atom. The molecule has 156 valence electrons. The number of para-hydroxylation sites is 1. The smallest absolute Gasteiger partial charge is 0.221 e. The van der Waals surface area contributed by atoms with Crippen molar-refractivity contribution in [2.75, 3.05) is 13.6 Å². The van der Waals surface area contributed by atoms with Gasteiger partial charge < -0.3 is 20.7 Å². The second-order valence-corrected chi connectivity index (χ2v) is 8.33. The quantitative estimate of drug-likeness (QED) is 0.495. The highest BCUT2D eigenvalue weighted by atomic mass is 16.5. The standard InChI is InChI=1S/C22H36N4O2/c1-22(2,3)28-19-13-9-8-10-17(19)16-25-21(23-4)24-15-14-20(27)26-18-11-6-5-7-12-18/h8-10,13,18H,5-7,11-12,14-16H2,1-4H3,(H,26,27)(H2,23,24,25). The van der Waals surface area contributed by atoms with Crippen LogP contribution in [0.1, 0.15) is 64.9 Å². The third-order valence-electron chi connectivity index (χ3n) is 4.67. The molecule has 0 spiro atoms. The lowest BCUT2D eigenvalue weighted by Gasteiger charge is -2.23. The summed E-state index contributed by atoms with van der Waals surface area (Å²) in [6.45, 7) is 7.26. The summed E-state index contributed by atoms with van der Waals surface area (Å²) in [4.78, 5) is 16.4. The number of nitrogens with zero attached hydrogens (tertiary/aromatic N) is 1. The summed E-state index contributed by atoms with van der Waals surface area (Å²) in [6.07, 6.45) is 6.40. The van der Waals surface area contributed by atoms with Crippen molar-refractivity contribution in [3.05, 3.63) is 29.8 Å². The van der Waals surface area contributed by atoms with E-state index in [1.54, 1.807) is 7.05 Å². The molecule has 0 saturated heterocycles. The fraction of sp³-hybridized carbons (Fsp3) is 0.636. The first-order chi connectivity index (χ1) is 13.4. The number of ether oxygens (including phenoxy) is 1. The number of hydrogen-bond donors (Lipinski definition) is 3. The molecular formula is C22H36N4O2. The van der Waals surface area contributed by atoms with E-state index in [0.29, 0.717) is 31.5 Å².